The maximum absolute atomic E-state index is 5.67. The maximum Gasteiger partial charge on any atom is 0.0638 e. The first-order valence-electron chi connectivity index (χ1n) is 6.06. The zero-order valence-corrected chi connectivity index (χ0v) is 9.58. The van der Waals surface area contributed by atoms with Crippen molar-refractivity contribution in [2.45, 2.75) is 58.0 Å². The monoisotopic (exact) mass is 207 g/mol. The quantitative estimate of drug-likeness (QED) is 0.757. The molecule has 1 heterocycles. The topological polar surface area (TPSA) is 43.8 Å². The van der Waals surface area contributed by atoms with Crippen LogP contribution in [0.5, 0.6) is 0 Å². The van der Waals surface area contributed by atoms with Gasteiger partial charge < -0.3 is 5.73 Å². The Kier molecular flexibility index (Phi) is 3.41. The molecule has 0 spiro atoms. The van der Waals surface area contributed by atoms with Gasteiger partial charge in [-0.1, -0.05) is 25.7 Å². The van der Waals surface area contributed by atoms with Gasteiger partial charge in [-0.15, -0.1) is 0 Å². The lowest BCUT2D eigenvalue weighted by molar-refractivity contribution is 0.404. The third kappa shape index (κ3) is 2.40. The summed E-state index contributed by atoms with van der Waals surface area (Å²) in [5.74, 6) is 0. The molecule has 1 aromatic heterocycles. The van der Waals surface area contributed by atoms with Crippen molar-refractivity contribution in [1.82, 2.24) is 9.78 Å². The van der Waals surface area contributed by atoms with Crippen LogP contribution in [0.2, 0.25) is 0 Å². The normalized spacial score (nSPS) is 19.1. The number of rotatable bonds is 2. The minimum atomic E-state index is 0.610. The molecule has 1 aromatic rings. The van der Waals surface area contributed by atoms with E-state index in [2.05, 4.69) is 22.9 Å². The van der Waals surface area contributed by atoms with Gasteiger partial charge >= 0.3 is 0 Å². The third-order valence-electron chi connectivity index (χ3n) is 3.44. The summed E-state index contributed by atoms with van der Waals surface area (Å²) in [6.45, 7) is 2.66. The molecule has 0 aromatic carbocycles. The lowest BCUT2D eigenvalue weighted by Gasteiger charge is -2.14. The standard InChI is InChI=1S/C12H21N3/c1-10-11(8-13)9-15(14-10)12-6-4-2-3-5-7-12/h9,12H,2-8,13H2,1H3. The molecule has 84 valence electrons. The van der Waals surface area contributed by atoms with Crippen molar-refractivity contribution in [3.63, 3.8) is 0 Å². The summed E-state index contributed by atoms with van der Waals surface area (Å²) in [4.78, 5) is 0. The van der Waals surface area contributed by atoms with Crippen molar-refractivity contribution in [1.29, 1.82) is 0 Å². The fourth-order valence-corrected chi connectivity index (χ4v) is 2.43. The van der Waals surface area contributed by atoms with Gasteiger partial charge in [-0.2, -0.15) is 5.10 Å². The van der Waals surface area contributed by atoms with Gasteiger partial charge in [0.1, 0.15) is 0 Å². The van der Waals surface area contributed by atoms with Gasteiger partial charge in [-0.05, 0) is 19.8 Å². The van der Waals surface area contributed by atoms with Gasteiger partial charge in [0, 0.05) is 18.3 Å². The molecular weight excluding hydrogens is 186 g/mol. The van der Waals surface area contributed by atoms with E-state index in [9.17, 15) is 0 Å². The second kappa shape index (κ2) is 4.79. The molecule has 0 amide bonds. The fraction of sp³-hybridized carbons (Fsp3) is 0.750. The molecule has 1 aliphatic rings. The second-order valence-corrected chi connectivity index (χ2v) is 4.57. The smallest absolute Gasteiger partial charge is 0.0638 e. The van der Waals surface area contributed by atoms with Crippen molar-refractivity contribution in [2.24, 2.45) is 5.73 Å². The predicted octanol–water partition coefficient (Wildman–Crippen LogP) is 2.55. The van der Waals surface area contributed by atoms with E-state index >= 15 is 0 Å². The average Bonchev–Trinajstić information content (AvgIpc) is 2.48. The first-order chi connectivity index (χ1) is 7.31. The Morgan fingerprint density at radius 3 is 2.53 bits per heavy atom. The summed E-state index contributed by atoms with van der Waals surface area (Å²) in [6.07, 6.45) is 10.2. The Morgan fingerprint density at radius 2 is 2.00 bits per heavy atom. The predicted molar refractivity (Wildman–Crippen MR) is 61.6 cm³/mol. The van der Waals surface area contributed by atoms with Crippen molar-refractivity contribution in [3.05, 3.63) is 17.5 Å². The molecule has 0 saturated heterocycles. The molecule has 3 nitrogen and oxygen atoms in total. The van der Waals surface area contributed by atoms with E-state index in [1.54, 1.807) is 0 Å². The van der Waals surface area contributed by atoms with E-state index < -0.39 is 0 Å². The Hall–Kier alpha value is -0.830. The molecule has 0 unspecified atom stereocenters. The van der Waals surface area contributed by atoms with Gasteiger partial charge in [0.05, 0.1) is 11.7 Å². The van der Waals surface area contributed by atoms with Crippen LogP contribution in [0.25, 0.3) is 0 Å². The Morgan fingerprint density at radius 1 is 1.33 bits per heavy atom. The van der Waals surface area contributed by atoms with Crippen molar-refractivity contribution < 1.29 is 0 Å². The van der Waals surface area contributed by atoms with Gasteiger partial charge in [-0.3, -0.25) is 4.68 Å². The third-order valence-corrected chi connectivity index (χ3v) is 3.44. The average molecular weight is 207 g/mol. The molecule has 0 radical (unpaired) electrons. The molecule has 3 heteroatoms. The van der Waals surface area contributed by atoms with Crippen LogP contribution >= 0.6 is 0 Å². The number of hydrogen-bond acceptors (Lipinski definition) is 2. The molecular formula is C12H21N3. The van der Waals surface area contributed by atoms with Crippen molar-refractivity contribution in [2.75, 3.05) is 0 Å². The maximum atomic E-state index is 5.67. The fourth-order valence-electron chi connectivity index (χ4n) is 2.43. The molecule has 1 aliphatic carbocycles. The van der Waals surface area contributed by atoms with E-state index in [-0.39, 0.29) is 0 Å². The molecule has 0 bridgehead atoms. The van der Waals surface area contributed by atoms with Crippen LogP contribution in [0.3, 0.4) is 0 Å². The van der Waals surface area contributed by atoms with E-state index in [0.29, 0.717) is 12.6 Å². The highest BCUT2D eigenvalue weighted by Gasteiger charge is 2.15. The Bertz CT molecular complexity index is 309. The molecule has 0 aliphatic heterocycles. The second-order valence-electron chi connectivity index (χ2n) is 4.57. The summed E-state index contributed by atoms with van der Waals surface area (Å²) >= 11 is 0. The SMILES string of the molecule is Cc1nn(C2CCCCCC2)cc1CN. The van der Waals surface area contributed by atoms with Gasteiger partial charge in [0.15, 0.2) is 0 Å². The molecule has 2 rings (SSSR count). The highest BCUT2D eigenvalue weighted by atomic mass is 15.3. The zero-order valence-electron chi connectivity index (χ0n) is 9.58. The summed E-state index contributed by atoms with van der Waals surface area (Å²) in [5.41, 5.74) is 7.96. The van der Waals surface area contributed by atoms with Gasteiger partial charge in [0.2, 0.25) is 0 Å². The molecule has 1 fully saturated rings. The first kappa shape index (κ1) is 10.7. The molecule has 1 saturated carbocycles. The highest BCUT2D eigenvalue weighted by molar-refractivity contribution is 5.15. The van der Waals surface area contributed by atoms with E-state index in [1.165, 1.54) is 44.1 Å². The lowest BCUT2D eigenvalue weighted by Crippen LogP contribution is -2.08. The van der Waals surface area contributed by atoms with Gasteiger partial charge in [-0.25, -0.2) is 0 Å². The minimum absolute atomic E-state index is 0.610. The first-order valence-corrected chi connectivity index (χ1v) is 6.06. The van der Waals surface area contributed by atoms with E-state index in [1.807, 2.05) is 0 Å². The summed E-state index contributed by atoms with van der Waals surface area (Å²) in [7, 11) is 0. The number of hydrogen-bond donors (Lipinski definition) is 1. The summed E-state index contributed by atoms with van der Waals surface area (Å²) < 4.78 is 2.16. The van der Waals surface area contributed by atoms with Crippen LogP contribution in [-0.2, 0) is 6.54 Å². The van der Waals surface area contributed by atoms with Crippen LogP contribution in [0, 0.1) is 6.92 Å². The highest BCUT2D eigenvalue weighted by Crippen LogP contribution is 2.27. The van der Waals surface area contributed by atoms with Crippen molar-refractivity contribution in [3.8, 4) is 0 Å². The number of nitrogens with two attached hydrogens (primary N) is 1. The molecule has 15 heavy (non-hydrogen) atoms. The van der Waals surface area contributed by atoms with Crippen LogP contribution in [0.15, 0.2) is 6.20 Å². The van der Waals surface area contributed by atoms with E-state index in [4.69, 9.17) is 5.73 Å². The Labute approximate surface area is 91.7 Å². The number of nitrogens with zero attached hydrogens (tertiary/aromatic N) is 2. The van der Waals surface area contributed by atoms with Crippen LogP contribution in [0.4, 0.5) is 0 Å². The molecule has 0 atom stereocenters. The molecule has 2 N–H and O–H groups in total. The number of aryl methyl sites for hydroxylation is 1. The van der Waals surface area contributed by atoms with Crippen LogP contribution < -0.4 is 5.73 Å². The summed E-state index contributed by atoms with van der Waals surface area (Å²) in [6, 6.07) is 0.617. The largest absolute Gasteiger partial charge is 0.326 e. The zero-order chi connectivity index (χ0) is 10.7. The van der Waals surface area contributed by atoms with Crippen LogP contribution in [-0.4, -0.2) is 9.78 Å². The summed E-state index contributed by atoms with van der Waals surface area (Å²) in [5, 5.41) is 4.58. The number of aromatic nitrogens is 2. The van der Waals surface area contributed by atoms with Crippen LogP contribution in [0.1, 0.15) is 55.8 Å². The van der Waals surface area contributed by atoms with E-state index in [0.717, 1.165) is 5.69 Å². The Balaban J connectivity index is 2.12. The van der Waals surface area contributed by atoms with Gasteiger partial charge in [0.25, 0.3) is 0 Å². The lowest BCUT2D eigenvalue weighted by atomic mass is 10.1. The minimum Gasteiger partial charge on any atom is -0.326 e. The van der Waals surface area contributed by atoms with Crippen molar-refractivity contribution >= 4 is 0 Å².